The Bertz CT molecular complexity index is 1760. The van der Waals surface area contributed by atoms with Crippen LogP contribution in [0.4, 0.5) is 20.3 Å². The highest BCUT2D eigenvalue weighted by Crippen LogP contribution is 2.35. The number of ether oxygens (including phenoxy) is 1. The maximum atomic E-state index is 14.6. The zero-order valence-corrected chi connectivity index (χ0v) is 22.7. The second kappa shape index (κ2) is 10.4. The third kappa shape index (κ3) is 4.91. The van der Waals surface area contributed by atoms with Gasteiger partial charge in [0.05, 0.1) is 54.5 Å². The Labute approximate surface area is 235 Å². The van der Waals surface area contributed by atoms with Gasteiger partial charge in [0.15, 0.2) is 23.0 Å². The molecule has 12 heteroatoms. The zero-order chi connectivity index (χ0) is 28.7. The minimum atomic E-state index is -0.783. The summed E-state index contributed by atoms with van der Waals surface area (Å²) in [5, 5.41) is 0. The molecule has 10 nitrogen and oxygen atoms in total. The Morgan fingerprint density at radius 2 is 1.90 bits per heavy atom. The molecule has 41 heavy (non-hydrogen) atoms. The first-order valence-electron chi connectivity index (χ1n) is 13.2. The number of pyridine rings is 2. The van der Waals surface area contributed by atoms with E-state index in [0.717, 1.165) is 24.2 Å². The van der Waals surface area contributed by atoms with Gasteiger partial charge >= 0.3 is 0 Å². The highest BCUT2D eigenvalue weighted by molar-refractivity contribution is 5.81. The summed E-state index contributed by atoms with van der Waals surface area (Å²) in [6.07, 6.45) is 6.36. The smallest absolute Gasteiger partial charge is 0.165 e. The first kappa shape index (κ1) is 26.5. The fourth-order valence-corrected chi connectivity index (χ4v) is 5.40. The van der Waals surface area contributed by atoms with Gasteiger partial charge in [0.2, 0.25) is 0 Å². The third-order valence-corrected chi connectivity index (χ3v) is 7.58. The molecule has 1 saturated heterocycles. The van der Waals surface area contributed by atoms with Crippen LogP contribution in [0.15, 0.2) is 55.2 Å². The number of hydrogen-bond acceptors (Lipinski definition) is 9. The Morgan fingerprint density at radius 3 is 2.68 bits per heavy atom. The Hall–Kier alpha value is -4.71. The molecule has 1 fully saturated rings. The molecule has 4 aromatic heterocycles. The van der Waals surface area contributed by atoms with Gasteiger partial charge in [-0.2, -0.15) is 0 Å². The first-order chi connectivity index (χ1) is 19.8. The number of fused-ring (bicyclic) bond motifs is 1. The number of piperidine rings is 1. The lowest BCUT2D eigenvalue weighted by molar-refractivity contribution is 0.343. The highest BCUT2D eigenvalue weighted by atomic mass is 19.1. The first-order valence-corrected chi connectivity index (χ1v) is 13.2. The maximum absolute atomic E-state index is 14.6. The number of aryl methyl sites for hydroxylation is 1. The number of halogens is 2. The van der Waals surface area contributed by atoms with Gasteiger partial charge in [0.1, 0.15) is 17.7 Å². The van der Waals surface area contributed by atoms with E-state index in [1.807, 2.05) is 10.6 Å². The molecular formula is C29H29F2N9O. The minimum absolute atomic E-state index is 0.157. The van der Waals surface area contributed by atoms with E-state index in [9.17, 15) is 8.78 Å². The van der Waals surface area contributed by atoms with Gasteiger partial charge in [-0.05, 0) is 61.7 Å². The van der Waals surface area contributed by atoms with E-state index in [1.165, 1.54) is 25.6 Å². The van der Waals surface area contributed by atoms with Gasteiger partial charge in [-0.25, -0.2) is 23.7 Å². The van der Waals surface area contributed by atoms with Gasteiger partial charge in [0.25, 0.3) is 0 Å². The summed E-state index contributed by atoms with van der Waals surface area (Å²) in [6, 6.07) is 9.75. The average Bonchev–Trinajstić information content (AvgIpc) is 3.38. The van der Waals surface area contributed by atoms with Gasteiger partial charge in [0, 0.05) is 18.7 Å². The number of anilines is 2. The number of nitrogens with two attached hydrogens (primary N) is 2. The van der Waals surface area contributed by atoms with Crippen molar-refractivity contribution in [1.29, 1.82) is 0 Å². The Morgan fingerprint density at radius 1 is 1.05 bits per heavy atom. The number of methoxy groups -OCH3 is 1. The number of hydrogen-bond donors (Lipinski definition) is 2. The second-order valence-corrected chi connectivity index (χ2v) is 10.3. The molecule has 4 N–H and O–H groups in total. The maximum Gasteiger partial charge on any atom is 0.165 e. The number of nitrogen functional groups attached to an aromatic ring is 1. The van der Waals surface area contributed by atoms with Crippen molar-refractivity contribution in [1.82, 2.24) is 29.5 Å². The van der Waals surface area contributed by atoms with Crippen LogP contribution in [-0.2, 0) is 12.1 Å². The molecule has 5 heterocycles. The Kier molecular flexibility index (Phi) is 6.70. The van der Waals surface area contributed by atoms with Crippen LogP contribution in [0.1, 0.15) is 29.8 Å². The van der Waals surface area contributed by atoms with Crippen molar-refractivity contribution >= 4 is 22.7 Å². The fraction of sp³-hybridized carbons (Fsp3) is 0.276. The molecule has 6 rings (SSSR count). The van der Waals surface area contributed by atoms with Crippen molar-refractivity contribution < 1.29 is 13.5 Å². The summed E-state index contributed by atoms with van der Waals surface area (Å²) in [7, 11) is 1.42. The topological polar surface area (TPSA) is 134 Å². The summed E-state index contributed by atoms with van der Waals surface area (Å²) >= 11 is 0. The molecule has 0 unspecified atom stereocenters. The van der Waals surface area contributed by atoms with Crippen LogP contribution >= 0.6 is 0 Å². The lowest BCUT2D eigenvalue weighted by atomic mass is 9.86. The molecule has 0 bridgehead atoms. The van der Waals surface area contributed by atoms with Gasteiger partial charge in [-0.3, -0.25) is 9.97 Å². The van der Waals surface area contributed by atoms with Crippen molar-refractivity contribution in [2.24, 2.45) is 5.73 Å². The van der Waals surface area contributed by atoms with Crippen LogP contribution in [0.2, 0.25) is 0 Å². The summed E-state index contributed by atoms with van der Waals surface area (Å²) in [6.45, 7) is 3.22. The van der Waals surface area contributed by atoms with Crippen molar-refractivity contribution in [3.8, 4) is 17.0 Å². The zero-order valence-electron chi connectivity index (χ0n) is 22.7. The second-order valence-electron chi connectivity index (χ2n) is 10.3. The van der Waals surface area contributed by atoms with E-state index < -0.39 is 11.4 Å². The fourth-order valence-electron chi connectivity index (χ4n) is 5.40. The van der Waals surface area contributed by atoms with Crippen molar-refractivity contribution in [2.75, 3.05) is 30.8 Å². The van der Waals surface area contributed by atoms with Crippen LogP contribution in [-0.4, -0.2) is 49.7 Å². The predicted octanol–water partition coefficient (Wildman–Crippen LogP) is 3.96. The molecule has 0 aliphatic carbocycles. The predicted molar refractivity (Wildman–Crippen MR) is 151 cm³/mol. The van der Waals surface area contributed by atoms with Crippen LogP contribution < -0.4 is 21.1 Å². The van der Waals surface area contributed by atoms with Crippen molar-refractivity contribution in [3.63, 3.8) is 0 Å². The molecular weight excluding hydrogens is 528 g/mol. The van der Waals surface area contributed by atoms with E-state index in [-0.39, 0.29) is 11.6 Å². The van der Waals surface area contributed by atoms with E-state index in [2.05, 4.69) is 24.8 Å². The molecule has 0 amide bonds. The summed E-state index contributed by atoms with van der Waals surface area (Å²) in [5.74, 6) is -0.385. The van der Waals surface area contributed by atoms with Crippen LogP contribution in [0.5, 0.6) is 5.75 Å². The van der Waals surface area contributed by atoms with Gasteiger partial charge in [-0.15, -0.1) is 0 Å². The molecule has 0 saturated carbocycles. The van der Waals surface area contributed by atoms with Crippen LogP contribution in [0.3, 0.4) is 0 Å². The molecule has 0 spiro atoms. The lowest BCUT2D eigenvalue weighted by Crippen LogP contribution is -2.52. The summed E-state index contributed by atoms with van der Waals surface area (Å²) < 4.78 is 35.5. The highest BCUT2D eigenvalue weighted by Gasteiger charge is 2.36. The SMILES string of the molecule is COc1ccc(-c2cc(Cn3cnc4c(N)ncnc43)c(N3CCC[C@](N)(c4ccc(F)c(C)n4)C3)cn2)cc1F. The number of imidazole rings is 1. The molecule has 210 valence electrons. The van der Waals surface area contributed by atoms with E-state index in [4.69, 9.17) is 21.2 Å². The molecule has 0 radical (unpaired) electrons. The third-order valence-electron chi connectivity index (χ3n) is 7.58. The summed E-state index contributed by atoms with van der Waals surface area (Å²) in [5.41, 5.74) is 17.2. The quantitative estimate of drug-likeness (QED) is 0.318. The molecule has 1 aliphatic rings. The van der Waals surface area contributed by atoms with Gasteiger partial charge < -0.3 is 25.7 Å². The molecule has 1 aliphatic heterocycles. The van der Waals surface area contributed by atoms with Crippen molar-refractivity contribution in [3.05, 3.63) is 83.8 Å². The average molecular weight is 558 g/mol. The molecule has 1 atom stereocenters. The van der Waals surface area contributed by atoms with E-state index >= 15 is 0 Å². The van der Waals surface area contributed by atoms with Crippen LogP contribution in [0.25, 0.3) is 22.4 Å². The minimum Gasteiger partial charge on any atom is -0.494 e. The lowest BCUT2D eigenvalue weighted by Gasteiger charge is -2.41. The molecule has 1 aromatic carbocycles. The standard InChI is InChI=1S/C29H29F2N9O/c1-17-20(30)5-7-25(38-17)29(33)8-3-9-39(14-29)23-12-34-22(18-4-6-24(41-2)21(31)10-18)11-19(23)13-40-16-37-26-27(32)35-15-36-28(26)40/h4-7,10-12,15-16H,3,8-9,13-14,33H2,1-2H3,(H2,32,35,36)/t29-/m1/s1. The number of aromatic nitrogens is 6. The van der Waals surface area contributed by atoms with Crippen LogP contribution in [0, 0.1) is 18.6 Å². The number of nitrogens with zero attached hydrogens (tertiary/aromatic N) is 7. The number of rotatable bonds is 6. The molecule has 5 aromatic rings. The normalized spacial score (nSPS) is 17.2. The largest absolute Gasteiger partial charge is 0.494 e. The monoisotopic (exact) mass is 557 g/mol. The van der Waals surface area contributed by atoms with E-state index in [0.29, 0.717) is 59.1 Å². The van der Waals surface area contributed by atoms with E-state index in [1.54, 1.807) is 37.6 Å². The summed E-state index contributed by atoms with van der Waals surface area (Å²) in [4.78, 5) is 24.2. The van der Waals surface area contributed by atoms with Crippen molar-refractivity contribution in [2.45, 2.75) is 31.8 Å². The Balaban J connectivity index is 1.42. The van der Waals surface area contributed by atoms with Gasteiger partial charge in [-0.1, -0.05) is 0 Å². The number of benzene rings is 1.